The van der Waals surface area contributed by atoms with Crippen LogP contribution in [0.4, 0.5) is 11.4 Å². The molecular formula is C39H39N9O5. The van der Waals surface area contributed by atoms with Gasteiger partial charge in [0.1, 0.15) is 17.9 Å². The van der Waals surface area contributed by atoms with Gasteiger partial charge >= 0.3 is 0 Å². The number of carbonyl (C=O) groups is 5. The molecule has 0 atom stereocenters. The highest BCUT2D eigenvalue weighted by Crippen LogP contribution is 2.38. The number of imide groups is 1. The third-order valence-corrected chi connectivity index (χ3v) is 9.25. The molecule has 14 heteroatoms. The zero-order chi connectivity index (χ0) is 37.4. The summed E-state index contributed by atoms with van der Waals surface area (Å²) in [6.45, 7) is 1.28. The highest BCUT2D eigenvalue weighted by atomic mass is 16.2. The quantitative estimate of drug-likeness (QED) is 0.0952. The number of aryl methyl sites for hydroxylation is 2. The van der Waals surface area contributed by atoms with Crippen molar-refractivity contribution >= 4 is 73.9 Å². The zero-order valence-corrected chi connectivity index (χ0v) is 29.7. The van der Waals surface area contributed by atoms with E-state index in [0.717, 1.165) is 23.9 Å². The molecule has 0 saturated carbocycles. The Balaban J connectivity index is 1.07. The number of fused-ring (bicyclic) bond motifs is 2. The van der Waals surface area contributed by atoms with Gasteiger partial charge in [-0.1, -0.05) is 36.4 Å². The van der Waals surface area contributed by atoms with Gasteiger partial charge in [-0.25, -0.2) is 0 Å². The molecule has 0 unspecified atom stereocenters. The normalized spacial score (nSPS) is 13.0. The van der Waals surface area contributed by atoms with Crippen LogP contribution in [-0.2, 0) is 35.0 Å². The van der Waals surface area contributed by atoms with E-state index in [1.54, 1.807) is 64.7 Å². The first-order valence-electron chi connectivity index (χ1n) is 17.1. The van der Waals surface area contributed by atoms with Crippen molar-refractivity contribution in [2.75, 3.05) is 37.8 Å². The molecule has 1 aliphatic rings. The summed E-state index contributed by atoms with van der Waals surface area (Å²) in [5.74, 6) is -2.01. The van der Waals surface area contributed by atoms with Crippen molar-refractivity contribution in [3.63, 3.8) is 0 Å². The van der Waals surface area contributed by atoms with Crippen molar-refractivity contribution in [1.82, 2.24) is 34.2 Å². The topological polar surface area (TPSA) is 167 Å². The Morgan fingerprint density at radius 1 is 0.755 bits per heavy atom. The minimum atomic E-state index is -0.511. The van der Waals surface area contributed by atoms with E-state index < -0.39 is 17.7 Å². The first kappa shape index (κ1) is 34.8. The number of aromatic nitrogens is 4. The summed E-state index contributed by atoms with van der Waals surface area (Å²) < 4.78 is 4.99. The number of para-hydroxylation sites is 2. The largest absolute Gasteiger partial charge is 0.361 e. The predicted molar refractivity (Wildman–Crippen MR) is 203 cm³/mol. The Morgan fingerprint density at radius 2 is 1.38 bits per heavy atom. The number of amides is 5. The van der Waals surface area contributed by atoms with Crippen LogP contribution in [0.15, 0.2) is 85.5 Å². The van der Waals surface area contributed by atoms with Crippen molar-refractivity contribution in [1.29, 1.82) is 0 Å². The van der Waals surface area contributed by atoms with Crippen LogP contribution in [0, 0.1) is 0 Å². The van der Waals surface area contributed by atoms with Crippen LogP contribution in [0.3, 0.4) is 0 Å². The van der Waals surface area contributed by atoms with Gasteiger partial charge in [0, 0.05) is 78.4 Å². The lowest BCUT2D eigenvalue weighted by Crippen LogP contribution is -2.28. The maximum absolute atomic E-state index is 13.4. The molecule has 5 heterocycles. The van der Waals surface area contributed by atoms with Gasteiger partial charge in [0.2, 0.25) is 5.91 Å². The van der Waals surface area contributed by atoms with Gasteiger partial charge in [-0.3, -0.25) is 29.3 Å². The number of nitrogens with one attached hydrogen (secondary N) is 5. The average Bonchev–Trinajstić information content (AvgIpc) is 3.93. The van der Waals surface area contributed by atoms with E-state index in [4.69, 9.17) is 0 Å². The maximum Gasteiger partial charge on any atom is 0.272 e. The fourth-order valence-electron chi connectivity index (χ4n) is 6.78. The lowest BCUT2D eigenvalue weighted by molar-refractivity contribution is -0.123. The first-order chi connectivity index (χ1) is 25.5. The van der Waals surface area contributed by atoms with E-state index >= 15 is 0 Å². The number of hydrogen-bond donors (Lipinski definition) is 5. The lowest BCUT2D eigenvalue weighted by Gasteiger charge is -2.10. The minimum Gasteiger partial charge on any atom is -0.361 e. The Hall–Kier alpha value is -6.67. The molecule has 14 nitrogen and oxygen atoms in total. The lowest BCUT2D eigenvalue weighted by atomic mass is 9.95. The maximum atomic E-state index is 13.4. The van der Waals surface area contributed by atoms with Crippen LogP contribution >= 0.6 is 0 Å². The van der Waals surface area contributed by atoms with Crippen LogP contribution in [0.1, 0.15) is 38.5 Å². The zero-order valence-electron chi connectivity index (χ0n) is 29.7. The first-order valence-corrected chi connectivity index (χ1v) is 17.1. The molecule has 6 aromatic rings. The number of hydrogen-bond acceptors (Lipinski definition) is 6. The third kappa shape index (κ3) is 6.87. The van der Waals surface area contributed by atoms with Gasteiger partial charge in [0.15, 0.2) is 0 Å². The molecule has 0 spiro atoms. The van der Waals surface area contributed by atoms with Gasteiger partial charge < -0.3 is 39.5 Å². The summed E-state index contributed by atoms with van der Waals surface area (Å²) in [4.78, 5) is 71.2. The SMILES string of the molecule is CN(C)CCCNC(=O)c1cc(NC(=O)c2cc(NC(=O)Cn3cc(C4=C(c5c[nH]c6ccccc56)C(=O)NC4=O)c4ccccc43)cn2C)cn1C. The fourth-order valence-corrected chi connectivity index (χ4v) is 6.78. The number of anilines is 2. The molecule has 0 bridgehead atoms. The smallest absolute Gasteiger partial charge is 0.272 e. The Labute approximate surface area is 304 Å². The molecular weight excluding hydrogens is 674 g/mol. The summed E-state index contributed by atoms with van der Waals surface area (Å²) in [7, 11) is 7.38. The Morgan fingerprint density at radius 3 is 2.09 bits per heavy atom. The van der Waals surface area contributed by atoms with Gasteiger partial charge in [-0.05, 0) is 51.3 Å². The van der Waals surface area contributed by atoms with E-state index in [0.29, 0.717) is 51.3 Å². The second-order valence-corrected chi connectivity index (χ2v) is 13.3. The molecule has 53 heavy (non-hydrogen) atoms. The van der Waals surface area contributed by atoms with Crippen LogP contribution in [0.5, 0.6) is 0 Å². The monoisotopic (exact) mass is 713 g/mol. The highest BCUT2D eigenvalue weighted by molar-refractivity contribution is 6.50. The Kier molecular flexibility index (Phi) is 9.28. The predicted octanol–water partition coefficient (Wildman–Crippen LogP) is 3.94. The van der Waals surface area contributed by atoms with E-state index in [9.17, 15) is 24.0 Å². The molecule has 0 saturated heterocycles. The molecule has 0 fully saturated rings. The van der Waals surface area contributed by atoms with Crippen LogP contribution in [0.2, 0.25) is 0 Å². The molecule has 5 N–H and O–H groups in total. The fraction of sp³-hybridized carbons (Fsp3) is 0.205. The molecule has 0 aliphatic carbocycles. The molecule has 4 aromatic heterocycles. The van der Waals surface area contributed by atoms with Gasteiger partial charge in [0.25, 0.3) is 23.6 Å². The van der Waals surface area contributed by atoms with Crippen molar-refractivity contribution in [2.45, 2.75) is 13.0 Å². The summed E-state index contributed by atoms with van der Waals surface area (Å²) in [6, 6.07) is 18.1. The van der Waals surface area contributed by atoms with E-state index in [1.807, 2.05) is 67.5 Å². The van der Waals surface area contributed by atoms with Gasteiger partial charge in [0.05, 0.1) is 22.5 Å². The van der Waals surface area contributed by atoms with E-state index in [1.165, 1.54) is 0 Å². The average molecular weight is 714 g/mol. The van der Waals surface area contributed by atoms with Crippen molar-refractivity contribution in [3.05, 3.63) is 108 Å². The van der Waals surface area contributed by atoms with E-state index in [2.05, 4.69) is 26.3 Å². The summed E-state index contributed by atoms with van der Waals surface area (Å²) in [6.07, 6.45) is 7.56. The number of aromatic amines is 1. The second-order valence-electron chi connectivity index (χ2n) is 13.3. The van der Waals surface area contributed by atoms with Gasteiger partial charge in [-0.2, -0.15) is 0 Å². The van der Waals surface area contributed by atoms with Crippen molar-refractivity contribution in [3.8, 4) is 0 Å². The summed E-state index contributed by atoms with van der Waals surface area (Å²) >= 11 is 0. The number of nitrogens with zero attached hydrogens (tertiary/aromatic N) is 4. The number of H-pyrrole nitrogens is 1. The second kappa shape index (κ2) is 14.2. The van der Waals surface area contributed by atoms with Crippen molar-refractivity contribution in [2.24, 2.45) is 14.1 Å². The van der Waals surface area contributed by atoms with E-state index in [-0.39, 0.29) is 29.5 Å². The number of rotatable bonds is 12. The van der Waals surface area contributed by atoms with Crippen molar-refractivity contribution < 1.29 is 24.0 Å². The molecule has 1 aliphatic heterocycles. The standard InChI is InChI=1S/C39H39N9O5/c1-45(2)15-9-14-40-36(50)31-17-24(20-46(31)3)43-37(51)32-16-23(19-47(32)4)42-33(49)22-48-21-28(26-11-6-8-13-30(26)48)35-34(38(52)44-39(35)53)27-18-41-29-12-7-5-10-25(27)29/h5-8,10-13,16-21,41H,9,14-15,22H2,1-4H3,(H,40,50)(H,42,49)(H,43,51)(H,44,52,53). The van der Waals surface area contributed by atoms with Crippen LogP contribution in [0.25, 0.3) is 33.0 Å². The summed E-state index contributed by atoms with van der Waals surface area (Å²) in [5.41, 5.74) is 4.76. The minimum absolute atomic E-state index is 0.105. The molecule has 7 rings (SSSR count). The molecule has 270 valence electrons. The van der Waals surface area contributed by atoms with Gasteiger partial charge in [-0.15, -0.1) is 0 Å². The highest BCUT2D eigenvalue weighted by Gasteiger charge is 2.35. The summed E-state index contributed by atoms with van der Waals surface area (Å²) in [5, 5.41) is 12.6. The number of carbonyl (C=O) groups excluding carboxylic acids is 5. The third-order valence-electron chi connectivity index (χ3n) is 9.25. The number of benzene rings is 2. The Bertz CT molecular complexity index is 2470. The molecule has 5 amide bonds. The van der Waals surface area contributed by atoms with Crippen LogP contribution < -0.4 is 21.3 Å². The van der Waals surface area contributed by atoms with Crippen LogP contribution in [-0.4, -0.2) is 80.3 Å². The molecule has 0 radical (unpaired) electrons. The molecule has 2 aromatic carbocycles.